The lowest BCUT2D eigenvalue weighted by Crippen LogP contribution is -2.54. The van der Waals surface area contributed by atoms with E-state index in [-0.39, 0.29) is 5.91 Å². The average Bonchev–Trinajstić information content (AvgIpc) is 2.61. The Labute approximate surface area is 154 Å². The van der Waals surface area contributed by atoms with Crippen LogP contribution in [0.4, 0.5) is 11.4 Å². The first kappa shape index (κ1) is 18.0. The molecule has 136 valence electrons. The van der Waals surface area contributed by atoms with E-state index in [2.05, 4.69) is 25.1 Å². The topological polar surface area (TPSA) is 66.6 Å². The third-order valence-electron chi connectivity index (χ3n) is 5.34. The summed E-state index contributed by atoms with van der Waals surface area (Å²) >= 11 is 0. The van der Waals surface area contributed by atoms with E-state index in [1.54, 1.807) is 4.90 Å². The quantitative estimate of drug-likeness (QED) is 0.924. The lowest BCUT2D eigenvalue weighted by molar-refractivity contribution is -0.124. The van der Waals surface area contributed by atoms with Gasteiger partial charge in [0.25, 0.3) is 0 Å². The maximum absolute atomic E-state index is 12.4. The molecule has 2 N–H and O–H groups in total. The number of fused-ring (bicyclic) bond motifs is 1. The van der Waals surface area contributed by atoms with Crippen molar-refractivity contribution in [3.05, 3.63) is 59.7 Å². The molecule has 0 fully saturated rings. The number of amides is 2. The molecule has 0 saturated heterocycles. The van der Waals surface area contributed by atoms with E-state index < -0.39 is 17.4 Å². The normalized spacial score (nSPS) is 21.8. The number of anilines is 2. The lowest BCUT2D eigenvalue weighted by Gasteiger charge is -2.45. The molecule has 0 saturated carbocycles. The molecule has 3 rings (SSSR count). The molecule has 26 heavy (non-hydrogen) atoms. The predicted octanol–water partition coefficient (Wildman–Crippen LogP) is 2.67. The number of primary amides is 1. The van der Waals surface area contributed by atoms with E-state index >= 15 is 0 Å². The molecule has 5 nitrogen and oxygen atoms in total. The monoisotopic (exact) mass is 351 g/mol. The molecule has 1 aliphatic heterocycles. The molecule has 0 aliphatic carbocycles. The van der Waals surface area contributed by atoms with Crippen molar-refractivity contribution in [2.24, 2.45) is 5.73 Å². The molecule has 0 radical (unpaired) electrons. The number of benzene rings is 2. The van der Waals surface area contributed by atoms with Crippen molar-refractivity contribution in [2.75, 3.05) is 23.9 Å². The third kappa shape index (κ3) is 2.83. The van der Waals surface area contributed by atoms with Crippen LogP contribution >= 0.6 is 0 Å². The van der Waals surface area contributed by atoms with Crippen LogP contribution in [0.1, 0.15) is 31.4 Å². The molecule has 0 aromatic heterocycles. The number of hydrogen-bond acceptors (Lipinski definition) is 3. The molecule has 2 aromatic rings. The number of rotatable bonds is 3. The first-order chi connectivity index (χ1) is 12.3. The molecule has 2 amide bonds. The highest BCUT2D eigenvalue weighted by Crippen LogP contribution is 2.47. The van der Waals surface area contributed by atoms with Crippen LogP contribution in [-0.4, -0.2) is 32.0 Å². The average molecular weight is 351 g/mol. The number of carbonyl (C=O) groups is 2. The van der Waals surface area contributed by atoms with Gasteiger partial charge in [-0.05, 0) is 29.7 Å². The van der Waals surface area contributed by atoms with Crippen LogP contribution in [-0.2, 0) is 15.0 Å². The van der Waals surface area contributed by atoms with Crippen molar-refractivity contribution in [3.63, 3.8) is 0 Å². The third-order valence-corrected chi connectivity index (χ3v) is 5.34. The van der Waals surface area contributed by atoms with E-state index in [1.165, 1.54) is 6.92 Å². The maximum atomic E-state index is 12.4. The van der Waals surface area contributed by atoms with Crippen molar-refractivity contribution < 1.29 is 9.59 Å². The molecule has 2 atom stereocenters. The van der Waals surface area contributed by atoms with Crippen LogP contribution in [0, 0.1) is 0 Å². The van der Waals surface area contributed by atoms with E-state index in [0.29, 0.717) is 6.42 Å². The number of hydrogen-bond donors (Lipinski definition) is 1. The summed E-state index contributed by atoms with van der Waals surface area (Å²) in [7, 11) is 3.90. The van der Waals surface area contributed by atoms with Crippen molar-refractivity contribution >= 4 is 23.2 Å². The summed E-state index contributed by atoms with van der Waals surface area (Å²) in [6, 6.07) is 15.5. The SMILES string of the molecule is CC(=O)N1c2cc(N(C)C)ccc2C(C)(c2ccccc2)CC1C(N)=O. The first-order valence-electron chi connectivity index (χ1n) is 8.72. The van der Waals surface area contributed by atoms with Crippen molar-refractivity contribution in [3.8, 4) is 0 Å². The Morgan fingerprint density at radius 2 is 1.81 bits per heavy atom. The van der Waals surface area contributed by atoms with Gasteiger partial charge in [0.15, 0.2) is 0 Å². The summed E-state index contributed by atoms with van der Waals surface area (Å²) in [6.07, 6.45) is 0.459. The standard InChI is InChI=1S/C21H25N3O2/c1-14(25)24-18-12-16(23(3)4)10-11-17(18)21(2,13-19(24)20(22)26)15-8-6-5-7-9-15/h5-12,19H,13H2,1-4H3,(H2,22,26). The van der Waals surface area contributed by atoms with Crippen molar-refractivity contribution in [1.29, 1.82) is 0 Å². The highest BCUT2D eigenvalue weighted by atomic mass is 16.2. The van der Waals surface area contributed by atoms with Crippen molar-refractivity contribution in [2.45, 2.75) is 31.7 Å². The zero-order chi connectivity index (χ0) is 19.1. The predicted molar refractivity (Wildman–Crippen MR) is 104 cm³/mol. The molecule has 0 spiro atoms. The molecular weight excluding hydrogens is 326 g/mol. The summed E-state index contributed by atoms with van der Waals surface area (Å²) in [5, 5.41) is 0. The number of nitrogens with two attached hydrogens (primary N) is 1. The maximum Gasteiger partial charge on any atom is 0.240 e. The Bertz CT molecular complexity index is 848. The Hall–Kier alpha value is -2.82. The van der Waals surface area contributed by atoms with Gasteiger partial charge < -0.3 is 10.6 Å². The molecule has 2 aromatic carbocycles. The van der Waals surface area contributed by atoms with E-state index in [9.17, 15) is 9.59 Å². The van der Waals surface area contributed by atoms with Gasteiger partial charge in [-0.15, -0.1) is 0 Å². The minimum absolute atomic E-state index is 0.180. The van der Waals surface area contributed by atoms with Crippen LogP contribution in [0.2, 0.25) is 0 Å². The first-order valence-corrected chi connectivity index (χ1v) is 8.72. The smallest absolute Gasteiger partial charge is 0.240 e. The van der Waals surface area contributed by atoms with E-state index in [0.717, 1.165) is 22.5 Å². The number of nitrogens with zero attached hydrogens (tertiary/aromatic N) is 2. The van der Waals surface area contributed by atoms with Gasteiger partial charge in [0, 0.05) is 32.1 Å². The largest absolute Gasteiger partial charge is 0.378 e. The summed E-state index contributed by atoms with van der Waals surface area (Å²) in [5.41, 5.74) is 9.15. The zero-order valence-electron chi connectivity index (χ0n) is 15.7. The fraction of sp³-hybridized carbons (Fsp3) is 0.333. The fourth-order valence-electron chi connectivity index (χ4n) is 3.92. The second-order valence-electron chi connectivity index (χ2n) is 7.31. The van der Waals surface area contributed by atoms with Gasteiger partial charge in [-0.2, -0.15) is 0 Å². The Kier molecular flexibility index (Phi) is 4.48. The van der Waals surface area contributed by atoms with Crippen LogP contribution in [0.15, 0.2) is 48.5 Å². The van der Waals surface area contributed by atoms with Crippen LogP contribution in [0.5, 0.6) is 0 Å². The summed E-state index contributed by atoms with van der Waals surface area (Å²) in [6.45, 7) is 3.59. The van der Waals surface area contributed by atoms with Gasteiger partial charge in [-0.25, -0.2) is 0 Å². The van der Waals surface area contributed by atoms with Gasteiger partial charge in [0.1, 0.15) is 6.04 Å². The van der Waals surface area contributed by atoms with E-state index in [1.807, 2.05) is 49.3 Å². The summed E-state index contributed by atoms with van der Waals surface area (Å²) < 4.78 is 0. The fourth-order valence-corrected chi connectivity index (χ4v) is 3.92. The van der Waals surface area contributed by atoms with Gasteiger partial charge in [0.05, 0.1) is 5.69 Å². The second kappa shape index (κ2) is 6.48. The molecule has 1 aliphatic rings. The minimum atomic E-state index is -0.678. The zero-order valence-corrected chi connectivity index (χ0v) is 15.7. The summed E-state index contributed by atoms with van der Waals surface area (Å²) in [4.78, 5) is 28.2. The van der Waals surface area contributed by atoms with Gasteiger partial charge in [0.2, 0.25) is 11.8 Å². The summed E-state index contributed by atoms with van der Waals surface area (Å²) in [5.74, 6) is -0.663. The number of carbonyl (C=O) groups excluding carboxylic acids is 2. The molecule has 5 heteroatoms. The highest BCUT2D eigenvalue weighted by molar-refractivity contribution is 6.01. The Morgan fingerprint density at radius 3 is 2.35 bits per heavy atom. The Morgan fingerprint density at radius 1 is 1.15 bits per heavy atom. The van der Waals surface area contributed by atoms with Crippen LogP contribution in [0.25, 0.3) is 0 Å². The second-order valence-corrected chi connectivity index (χ2v) is 7.31. The van der Waals surface area contributed by atoms with Crippen LogP contribution < -0.4 is 15.5 Å². The molecule has 0 bridgehead atoms. The molecule has 1 heterocycles. The van der Waals surface area contributed by atoms with E-state index in [4.69, 9.17) is 5.73 Å². The van der Waals surface area contributed by atoms with Gasteiger partial charge in [-0.1, -0.05) is 43.3 Å². The molecular formula is C21H25N3O2. The molecule has 2 unspecified atom stereocenters. The van der Waals surface area contributed by atoms with Gasteiger partial charge in [-0.3, -0.25) is 14.5 Å². The Balaban J connectivity index is 2.29. The lowest BCUT2D eigenvalue weighted by atomic mass is 9.68. The highest BCUT2D eigenvalue weighted by Gasteiger charge is 2.45. The van der Waals surface area contributed by atoms with Crippen molar-refractivity contribution in [1.82, 2.24) is 0 Å². The van der Waals surface area contributed by atoms with Gasteiger partial charge >= 0.3 is 0 Å². The minimum Gasteiger partial charge on any atom is -0.378 e. The van der Waals surface area contributed by atoms with Crippen LogP contribution in [0.3, 0.4) is 0 Å².